The number of likely N-dealkylation sites (tertiary alicyclic amines) is 1. The highest BCUT2D eigenvalue weighted by Gasteiger charge is 2.36. The molecule has 1 saturated heterocycles. The van der Waals surface area contributed by atoms with Crippen LogP contribution in [0, 0.1) is 12.8 Å². The van der Waals surface area contributed by atoms with E-state index in [2.05, 4.69) is 10.6 Å². The quantitative estimate of drug-likeness (QED) is 0.784. The summed E-state index contributed by atoms with van der Waals surface area (Å²) < 4.78 is 5.42. The number of nitrogens with one attached hydrogen (secondary N) is 2. The lowest BCUT2D eigenvalue weighted by Crippen LogP contribution is -2.45. The van der Waals surface area contributed by atoms with E-state index in [9.17, 15) is 14.4 Å². The van der Waals surface area contributed by atoms with Crippen LogP contribution in [0.2, 0.25) is 0 Å². The van der Waals surface area contributed by atoms with E-state index >= 15 is 0 Å². The third-order valence-corrected chi connectivity index (χ3v) is 4.60. The van der Waals surface area contributed by atoms with Crippen molar-refractivity contribution in [1.82, 2.24) is 10.2 Å². The lowest BCUT2D eigenvalue weighted by molar-refractivity contribution is -0.120. The number of anilines is 1. The van der Waals surface area contributed by atoms with Crippen molar-refractivity contribution in [2.24, 2.45) is 5.92 Å². The van der Waals surface area contributed by atoms with E-state index in [1.165, 1.54) is 4.90 Å². The van der Waals surface area contributed by atoms with E-state index in [1.54, 1.807) is 39.0 Å². The molecule has 1 aromatic rings. The predicted octanol–water partition coefficient (Wildman–Crippen LogP) is 3.72. The van der Waals surface area contributed by atoms with Gasteiger partial charge in [0.2, 0.25) is 5.91 Å². The van der Waals surface area contributed by atoms with Gasteiger partial charge in [0.15, 0.2) is 0 Å². The van der Waals surface area contributed by atoms with Gasteiger partial charge in [-0.15, -0.1) is 0 Å². The monoisotopic (exact) mass is 403 g/mol. The number of hydrogen-bond donors (Lipinski definition) is 2. The third-order valence-electron chi connectivity index (χ3n) is 4.60. The van der Waals surface area contributed by atoms with Gasteiger partial charge in [-0.3, -0.25) is 14.5 Å². The fourth-order valence-electron chi connectivity index (χ4n) is 3.14. The number of amides is 3. The molecule has 29 heavy (non-hydrogen) atoms. The number of ether oxygens (including phenoxy) is 1. The van der Waals surface area contributed by atoms with Gasteiger partial charge in [0.25, 0.3) is 5.91 Å². The van der Waals surface area contributed by atoms with Gasteiger partial charge in [-0.2, -0.15) is 0 Å². The van der Waals surface area contributed by atoms with Crippen LogP contribution in [0.15, 0.2) is 18.2 Å². The summed E-state index contributed by atoms with van der Waals surface area (Å²) in [6.45, 7) is 12.4. The number of hydrogen-bond acceptors (Lipinski definition) is 4. The van der Waals surface area contributed by atoms with Crippen LogP contribution < -0.4 is 10.6 Å². The summed E-state index contributed by atoms with van der Waals surface area (Å²) in [6, 6.07) is 4.62. The van der Waals surface area contributed by atoms with E-state index in [-0.39, 0.29) is 11.8 Å². The molecule has 1 aliphatic rings. The van der Waals surface area contributed by atoms with Gasteiger partial charge >= 0.3 is 6.09 Å². The fraction of sp³-hybridized carbons (Fsp3) is 0.591. The number of carbonyl (C=O) groups is 3. The Balaban J connectivity index is 2.04. The summed E-state index contributed by atoms with van der Waals surface area (Å²) in [4.78, 5) is 38.9. The maximum absolute atomic E-state index is 12.8. The largest absolute Gasteiger partial charge is 0.444 e. The Kier molecular flexibility index (Phi) is 7.27. The van der Waals surface area contributed by atoms with Gasteiger partial charge in [-0.05, 0) is 70.2 Å². The molecule has 1 aliphatic heterocycles. The number of rotatable bonds is 5. The molecule has 0 bridgehead atoms. The molecule has 1 unspecified atom stereocenters. The molecule has 2 N–H and O–H groups in total. The minimum absolute atomic E-state index is 0.133. The molecule has 0 saturated carbocycles. The Morgan fingerprint density at radius 3 is 2.52 bits per heavy atom. The van der Waals surface area contributed by atoms with Crippen molar-refractivity contribution < 1.29 is 19.1 Å². The molecular formula is C22H33N3O4. The number of benzene rings is 1. The SMILES string of the molecule is Cc1cc(C(=O)NCC(C)C)ccc1NC(=O)C1CCCN1C(=O)OC(C)(C)C. The maximum atomic E-state index is 12.8. The summed E-state index contributed by atoms with van der Waals surface area (Å²) in [5.74, 6) is -0.00187. The predicted molar refractivity (Wildman–Crippen MR) is 113 cm³/mol. The minimum Gasteiger partial charge on any atom is -0.444 e. The van der Waals surface area contributed by atoms with Gasteiger partial charge in [-0.25, -0.2) is 4.79 Å². The highest BCUT2D eigenvalue weighted by Crippen LogP contribution is 2.23. The van der Waals surface area contributed by atoms with Crippen LogP contribution in [0.1, 0.15) is 63.4 Å². The molecule has 0 radical (unpaired) electrons. The summed E-state index contributed by atoms with van der Waals surface area (Å²) in [5, 5.41) is 5.78. The van der Waals surface area contributed by atoms with Crippen molar-refractivity contribution >= 4 is 23.6 Å². The van der Waals surface area contributed by atoms with Crippen LogP contribution in [0.25, 0.3) is 0 Å². The smallest absolute Gasteiger partial charge is 0.410 e. The highest BCUT2D eigenvalue weighted by atomic mass is 16.6. The lowest BCUT2D eigenvalue weighted by Gasteiger charge is -2.28. The standard InChI is InChI=1S/C22H33N3O4/c1-14(2)13-23-19(26)16-9-10-17(15(3)12-16)24-20(27)18-8-7-11-25(18)21(28)29-22(4,5)6/h9-10,12,14,18H,7-8,11,13H2,1-6H3,(H,23,26)(H,24,27). The van der Waals surface area contributed by atoms with Gasteiger partial charge in [0, 0.05) is 24.3 Å². The van der Waals surface area contributed by atoms with Crippen molar-refractivity contribution in [3.05, 3.63) is 29.3 Å². The van der Waals surface area contributed by atoms with E-state index in [0.29, 0.717) is 36.7 Å². The molecule has 1 fully saturated rings. The Labute approximate surface area is 173 Å². The second-order valence-corrected chi connectivity index (χ2v) is 8.95. The molecule has 160 valence electrons. The van der Waals surface area contributed by atoms with Gasteiger partial charge in [-0.1, -0.05) is 13.8 Å². The third kappa shape index (κ3) is 6.48. The van der Waals surface area contributed by atoms with E-state index < -0.39 is 17.7 Å². The summed E-state index contributed by atoms with van der Waals surface area (Å²) in [5.41, 5.74) is 1.37. The first-order valence-electron chi connectivity index (χ1n) is 10.2. The van der Waals surface area contributed by atoms with Crippen molar-refractivity contribution in [2.45, 2.75) is 66.0 Å². The molecule has 0 aliphatic carbocycles. The van der Waals surface area contributed by atoms with Crippen LogP contribution in [0.4, 0.5) is 10.5 Å². The number of carbonyl (C=O) groups excluding carboxylic acids is 3. The zero-order valence-electron chi connectivity index (χ0n) is 18.3. The average Bonchev–Trinajstić information content (AvgIpc) is 3.10. The van der Waals surface area contributed by atoms with Crippen LogP contribution in [0.3, 0.4) is 0 Å². The molecule has 0 aromatic heterocycles. The molecule has 0 spiro atoms. The zero-order chi connectivity index (χ0) is 21.8. The van der Waals surface area contributed by atoms with Crippen molar-refractivity contribution in [3.63, 3.8) is 0 Å². The van der Waals surface area contributed by atoms with Crippen LogP contribution in [-0.2, 0) is 9.53 Å². The second-order valence-electron chi connectivity index (χ2n) is 8.95. The molecular weight excluding hydrogens is 370 g/mol. The van der Waals surface area contributed by atoms with Crippen molar-refractivity contribution in [2.75, 3.05) is 18.4 Å². The molecule has 7 heteroatoms. The molecule has 3 amide bonds. The summed E-state index contributed by atoms with van der Waals surface area (Å²) in [6.07, 6.45) is 0.884. The Hall–Kier alpha value is -2.57. The first kappa shape index (κ1) is 22.7. The van der Waals surface area contributed by atoms with E-state index in [1.807, 2.05) is 20.8 Å². The van der Waals surface area contributed by atoms with E-state index in [0.717, 1.165) is 12.0 Å². The molecule has 7 nitrogen and oxygen atoms in total. The average molecular weight is 404 g/mol. The Bertz CT molecular complexity index is 768. The number of aryl methyl sites for hydroxylation is 1. The van der Waals surface area contributed by atoms with Gasteiger partial charge in [0.1, 0.15) is 11.6 Å². The molecule has 1 atom stereocenters. The summed E-state index contributed by atoms with van der Waals surface area (Å²) in [7, 11) is 0. The summed E-state index contributed by atoms with van der Waals surface area (Å²) >= 11 is 0. The van der Waals surface area contributed by atoms with Gasteiger partial charge < -0.3 is 15.4 Å². The normalized spacial score (nSPS) is 16.7. The minimum atomic E-state index is -0.608. The van der Waals surface area contributed by atoms with Crippen LogP contribution >= 0.6 is 0 Å². The van der Waals surface area contributed by atoms with Crippen LogP contribution in [0.5, 0.6) is 0 Å². The maximum Gasteiger partial charge on any atom is 0.410 e. The molecule has 2 rings (SSSR count). The lowest BCUT2D eigenvalue weighted by atomic mass is 10.1. The fourth-order valence-corrected chi connectivity index (χ4v) is 3.14. The van der Waals surface area contributed by atoms with Crippen molar-refractivity contribution in [1.29, 1.82) is 0 Å². The van der Waals surface area contributed by atoms with Gasteiger partial charge in [0.05, 0.1) is 0 Å². The highest BCUT2D eigenvalue weighted by molar-refractivity contribution is 5.99. The number of nitrogens with zero attached hydrogens (tertiary/aromatic N) is 1. The second kappa shape index (κ2) is 9.29. The Morgan fingerprint density at radius 2 is 1.93 bits per heavy atom. The molecule has 1 heterocycles. The first-order valence-corrected chi connectivity index (χ1v) is 10.2. The van der Waals surface area contributed by atoms with E-state index in [4.69, 9.17) is 4.74 Å². The van der Waals surface area contributed by atoms with Crippen molar-refractivity contribution in [3.8, 4) is 0 Å². The van der Waals surface area contributed by atoms with Crippen LogP contribution in [-0.4, -0.2) is 47.5 Å². The zero-order valence-corrected chi connectivity index (χ0v) is 18.3. The molecule has 1 aromatic carbocycles. The topological polar surface area (TPSA) is 87.7 Å². The Morgan fingerprint density at radius 1 is 1.24 bits per heavy atom. The first-order chi connectivity index (χ1) is 13.5.